The zero-order valence-corrected chi connectivity index (χ0v) is 46.1. The Hall–Kier alpha value is -5.33. The maximum Gasteiger partial charge on any atom is 0.490 e. The number of amides is 2. The first kappa shape index (κ1) is 58.8. The SMILES string of the molecule is CCN1/C2=C/C=C/C3=[N+](CCCCCC(=O)NCCNC(=O)O[C@@H]4[C@H](O)[C@@H](COP(=O)(O)OP(=O)(O)OP(=O)(O)O)C[C@H]4n4cnc5c(N)ncnc54)c4ccc(S(=O)(=O)O)cc4C3(C)CC2(C)c2cc(S(=O)(=O)O)ccc21. The lowest BCUT2D eigenvalue weighted by atomic mass is 9.64. The number of benzene rings is 2. The molecule has 2 aromatic carbocycles. The highest BCUT2D eigenvalue weighted by Gasteiger charge is 2.56. The number of allylic oxidation sites excluding steroid dienone is 4. The number of carbonyl (C=O) groups excluding carboxylic acids is 2. The van der Waals surface area contributed by atoms with E-state index in [1.807, 2.05) is 39.0 Å². The van der Waals surface area contributed by atoms with Gasteiger partial charge in [0.2, 0.25) is 11.6 Å². The Morgan fingerprint density at radius 1 is 0.885 bits per heavy atom. The molecule has 4 aliphatic rings. The number of hydrogen-bond donors (Lipinski definition) is 10. The van der Waals surface area contributed by atoms with E-state index in [9.17, 15) is 64.1 Å². The van der Waals surface area contributed by atoms with Gasteiger partial charge in [0.25, 0.3) is 20.2 Å². The number of phosphoric ester groups is 1. The van der Waals surface area contributed by atoms with E-state index in [1.165, 1.54) is 35.2 Å². The number of likely N-dealkylation sites (N-methyl/N-ethyl adjacent to an activating group) is 1. The number of anilines is 2. The molecule has 1 fully saturated rings. The lowest BCUT2D eigenvalue weighted by Crippen LogP contribution is -2.41. The lowest BCUT2D eigenvalue weighted by molar-refractivity contribution is -0.438. The number of nitrogens with two attached hydrogens (primary N) is 1. The van der Waals surface area contributed by atoms with Crippen molar-refractivity contribution in [1.82, 2.24) is 30.2 Å². The van der Waals surface area contributed by atoms with E-state index in [4.69, 9.17) is 24.8 Å². The summed E-state index contributed by atoms with van der Waals surface area (Å²) in [5.41, 5.74) is 8.97. The third-order valence-electron chi connectivity index (χ3n) is 14.1. The third kappa shape index (κ3) is 12.3. The molecule has 4 heterocycles. The Labute approximate surface area is 446 Å². The summed E-state index contributed by atoms with van der Waals surface area (Å²) in [5.74, 6) is -1.50. The van der Waals surface area contributed by atoms with E-state index < -0.39 is 91.4 Å². The minimum atomic E-state index is -5.84. The van der Waals surface area contributed by atoms with E-state index in [-0.39, 0.29) is 58.6 Å². The summed E-state index contributed by atoms with van der Waals surface area (Å²) in [6, 6.07) is 7.94. The molecule has 11 N–H and O–H groups in total. The summed E-state index contributed by atoms with van der Waals surface area (Å²) in [5, 5.41) is 16.5. The van der Waals surface area contributed by atoms with Gasteiger partial charge in [0.05, 0.1) is 40.3 Å². The van der Waals surface area contributed by atoms with Gasteiger partial charge < -0.3 is 55.3 Å². The molecule has 0 spiro atoms. The molecule has 4 aromatic rings. The average molecular weight is 1190 g/mol. The van der Waals surface area contributed by atoms with E-state index in [2.05, 4.69) is 43.7 Å². The van der Waals surface area contributed by atoms with Crippen molar-refractivity contribution in [2.45, 2.75) is 98.2 Å². The molecule has 2 aliphatic carbocycles. The largest absolute Gasteiger partial charge is 0.490 e. The zero-order chi connectivity index (χ0) is 57.0. The topological polar surface area (TPSA) is 432 Å². The first-order valence-corrected chi connectivity index (χ1v) is 31.4. The van der Waals surface area contributed by atoms with Gasteiger partial charge in [-0.15, -0.1) is 0 Å². The Balaban J connectivity index is 0.877. The summed E-state index contributed by atoms with van der Waals surface area (Å²) in [7, 11) is -26.3. The van der Waals surface area contributed by atoms with Crippen molar-refractivity contribution in [3.05, 3.63) is 84.1 Å². The average Bonchev–Trinajstić information content (AvgIpc) is 4.25. The molecule has 34 heteroatoms. The molecule has 0 bridgehead atoms. The van der Waals surface area contributed by atoms with Crippen LogP contribution in [0.25, 0.3) is 11.2 Å². The van der Waals surface area contributed by atoms with Crippen molar-refractivity contribution in [2.24, 2.45) is 5.92 Å². The fourth-order valence-corrected chi connectivity index (χ4v) is 15.0. The molecule has 8 rings (SSSR count). The van der Waals surface area contributed by atoms with Gasteiger partial charge in [-0.05, 0) is 88.4 Å². The van der Waals surface area contributed by atoms with Crippen LogP contribution in [0.3, 0.4) is 0 Å². The van der Waals surface area contributed by atoms with Gasteiger partial charge in [-0.3, -0.25) is 18.4 Å². The number of nitrogen functional groups attached to an aromatic ring is 1. The van der Waals surface area contributed by atoms with Crippen LogP contribution in [0.2, 0.25) is 0 Å². The molecule has 29 nitrogen and oxygen atoms in total. The second kappa shape index (κ2) is 22.0. The van der Waals surface area contributed by atoms with Gasteiger partial charge in [-0.2, -0.15) is 30.0 Å². The number of hydrogen-bond acceptors (Lipinski definition) is 19. The molecule has 2 amide bonds. The molecular weight excluding hydrogens is 1130 g/mol. The number of nitrogens with zero attached hydrogens (tertiary/aromatic N) is 6. The number of aliphatic hydroxyl groups excluding tert-OH is 1. The number of phosphoric acid groups is 3. The van der Waals surface area contributed by atoms with Crippen LogP contribution < -0.4 is 21.3 Å². The second-order valence-corrected chi connectivity index (χ2v) is 26.6. The van der Waals surface area contributed by atoms with Crippen molar-refractivity contribution < 1.29 is 96.4 Å². The number of carbonyl (C=O) groups is 2. The van der Waals surface area contributed by atoms with Gasteiger partial charge in [0.1, 0.15) is 18.4 Å². The van der Waals surface area contributed by atoms with E-state index >= 15 is 0 Å². The molecule has 4 unspecified atom stereocenters. The lowest BCUT2D eigenvalue weighted by Gasteiger charge is -2.37. The summed E-state index contributed by atoms with van der Waals surface area (Å²) in [4.78, 5) is 77.1. The van der Waals surface area contributed by atoms with Crippen LogP contribution in [0.15, 0.2) is 82.8 Å². The van der Waals surface area contributed by atoms with Crippen LogP contribution in [0.1, 0.15) is 76.5 Å². The van der Waals surface area contributed by atoms with Crippen molar-refractivity contribution in [3.8, 4) is 0 Å². The van der Waals surface area contributed by atoms with E-state index in [0.29, 0.717) is 55.6 Å². The maximum absolute atomic E-state index is 13.2. The fourth-order valence-electron chi connectivity index (χ4n) is 10.9. The molecular formula is C44H57N9O20P3S2+. The number of aromatic nitrogens is 4. The highest BCUT2D eigenvalue weighted by molar-refractivity contribution is 7.86. The third-order valence-corrected chi connectivity index (χ3v) is 19.6. The first-order valence-electron chi connectivity index (χ1n) is 24.0. The fraction of sp³-hybridized carbons (Fsp3) is 0.455. The van der Waals surface area contributed by atoms with Crippen LogP contribution >= 0.6 is 23.5 Å². The van der Waals surface area contributed by atoms with Crippen molar-refractivity contribution >= 4 is 89.8 Å². The molecule has 78 heavy (non-hydrogen) atoms. The maximum atomic E-state index is 13.2. The van der Waals surface area contributed by atoms with Crippen LogP contribution in [-0.2, 0) is 67.4 Å². The predicted octanol–water partition coefficient (Wildman–Crippen LogP) is 3.64. The number of fused-ring (bicyclic) bond motifs is 7. The smallest absolute Gasteiger partial charge is 0.441 e. The number of aliphatic hydroxyl groups is 1. The molecule has 0 radical (unpaired) electrons. The van der Waals surface area contributed by atoms with Gasteiger partial charge in [0, 0.05) is 72.9 Å². The summed E-state index contributed by atoms with van der Waals surface area (Å²) in [6.07, 6.45) is 5.99. The first-order chi connectivity index (χ1) is 36.4. The van der Waals surface area contributed by atoms with E-state index in [0.717, 1.165) is 23.4 Å². The number of ether oxygens (including phenoxy) is 1. The van der Waals surface area contributed by atoms with Crippen LogP contribution in [0.4, 0.5) is 22.0 Å². The molecule has 0 saturated heterocycles. The summed E-state index contributed by atoms with van der Waals surface area (Å²) >= 11 is 0. The van der Waals surface area contributed by atoms with E-state index in [1.54, 1.807) is 12.1 Å². The van der Waals surface area contributed by atoms with Crippen molar-refractivity contribution in [1.29, 1.82) is 0 Å². The Bertz CT molecular complexity index is 3540. The number of imidazole rings is 1. The highest BCUT2D eigenvalue weighted by Crippen LogP contribution is 2.66. The summed E-state index contributed by atoms with van der Waals surface area (Å²) < 4.78 is 127. The number of rotatable bonds is 21. The molecule has 2 aliphatic heterocycles. The quantitative estimate of drug-likeness (QED) is 0.0246. The molecule has 1 saturated carbocycles. The van der Waals surface area contributed by atoms with Gasteiger partial charge in [0.15, 0.2) is 23.3 Å². The monoisotopic (exact) mass is 1190 g/mol. The second-order valence-electron chi connectivity index (χ2n) is 19.3. The molecule has 2 aromatic heterocycles. The normalized spacial score (nSPS) is 25.6. The van der Waals surface area contributed by atoms with Crippen LogP contribution in [-0.4, -0.2) is 137 Å². The zero-order valence-electron chi connectivity index (χ0n) is 41.8. The minimum absolute atomic E-state index is 0.000940. The van der Waals surface area contributed by atoms with Crippen molar-refractivity contribution in [3.63, 3.8) is 0 Å². The standard InChI is InChI=1S/C44H56N9O20P3S2/c1-4-51-31-14-12-27(77(64,65)66)20-29(31)43(2)23-44(3)30-21-28(78(67,68)69)13-15-32(30)52(35(44)10-8-9-34(43)51)18-7-5-6-11-36(54)46-16-17-47-42(56)71-39-33(53-25-50-37-40(45)48-24-49-41(37)53)19-26(38(39)55)22-70-75(60,61)73-76(62,63)72-74(57,58)59/h8-10,12-15,20-21,24-26,33,38-39,55H,4-7,11,16-19,22-23H2,1-3H3,(H9-,45,46,47,48,49,54,56,57,58,59,60,61,62,63,64,65,66,67,68,69)/p+1/t26-,33-,38-,39+,43?,44?/m1/s1. The van der Waals surface area contributed by atoms with Crippen LogP contribution in [0.5, 0.6) is 0 Å². The number of alkyl carbamates (subject to hydrolysis) is 1. The predicted molar refractivity (Wildman–Crippen MR) is 274 cm³/mol. The Morgan fingerprint density at radius 3 is 2.24 bits per heavy atom. The Morgan fingerprint density at radius 2 is 1.56 bits per heavy atom. The van der Waals surface area contributed by atoms with Gasteiger partial charge in [-0.25, -0.2) is 33.4 Å². The van der Waals surface area contributed by atoms with Crippen molar-refractivity contribution in [2.75, 3.05) is 43.4 Å². The van der Waals surface area contributed by atoms with Gasteiger partial charge in [-0.1, -0.05) is 6.08 Å². The number of nitrogens with one attached hydrogen (secondary N) is 2. The number of unbranched alkanes of at least 4 members (excludes halogenated alkanes) is 2. The highest BCUT2D eigenvalue weighted by atomic mass is 32.2. The van der Waals surface area contributed by atoms with Crippen LogP contribution in [0, 0.1) is 5.92 Å². The van der Waals surface area contributed by atoms with Gasteiger partial charge >= 0.3 is 29.6 Å². The molecule has 8 atom stereocenters. The summed E-state index contributed by atoms with van der Waals surface area (Å²) in [6.45, 7) is 5.85. The Kier molecular flexibility index (Phi) is 16.6. The minimum Gasteiger partial charge on any atom is -0.441 e. The molecule has 424 valence electrons.